The van der Waals surface area contributed by atoms with Crippen LogP contribution in [0.15, 0.2) is 0 Å². The second kappa shape index (κ2) is 3.43. The molecule has 1 fully saturated rings. The van der Waals surface area contributed by atoms with Crippen molar-refractivity contribution < 1.29 is 0 Å². The summed E-state index contributed by atoms with van der Waals surface area (Å²) in [5.41, 5.74) is 0.597. The summed E-state index contributed by atoms with van der Waals surface area (Å²) >= 11 is 0. The molecular weight excluding hydrogens is 143 g/mol. The molecule has 0 bridgehead atoms. The van der Waals surface area contributed by atoms with Crippen molar-refractivity contribution >= 4 is 7.28 Å². The largest absolute Gasteiger partial charge is 0.114 e. The van der Waals surface area contributed by atoms with Crippen LogP contribution >= 0.6 is 0 Å². The van der Waals surface area contributed by atoms with Gasteiger partial charge in [-0.05, 0) is 17.3 Å². The summed E-state index contributed by atoms with van der Waals surface area (Å²) in [5, 5.41) is 0. The van der Waals surface area contributed by atoms with Crippen molar-refractivity contribution in [3.05, 3.63) is 0 Å². The maximum absolute atomic E-state index is 2.51. The van der Waals surface area contributed by atoms with Crippen molar-refractivity contribution in [3.63, 3.8) is 0 Å². The third kappa shape index (κ3) is 1.32. The number of hydrogen-bond donors (Lipinski definition) is 0. The summed E-state index contributed by atoms with van der Waals surface area (Å²) in [6.45, 7) is 11.9. The van der Waals surface area contributed by atoms with E-state index in [1.54, 1.807) is 0 Å². The molecule has 1 saturated heterocycles. The van der Waals surface area contributed by atoms with E-state index in [-0.39, 0.29) is 0 Å². The number of rotatable bonds is 2. The van der Waals surface area contributed by atoms with Crippen molar-refractivity contribution in [2.24, 2.45) is 17.3 Å². The van der Waals surface area contributed by atoms with Gasteiger partial charge in [0.15, 0.2) is 0 Å². The van der Waals surface area contributed by atoms with Gasteiger partial charge in [0.25, 0.3) is 0 Å². The molecule has 1 heteroatoms. The molecule has 12 heavy (non-hydrogen) atoms. The highest BCUT2D eigenvalue weighted by Gasteiger charge is 2.44. The lowest BCUT2D eigenvalue weighted by molar-refractivity contribution is 0.112. The Hall–Kier alpha value is 0.0649. The topological polar surface area (TPSA) is 0 Å². The van der Waals surface area contributed by atoms with Gasteiger partial charge in [0.1, 0.15) is 7.28 Å². The summed E-state index contributed by atoms with van der Waals surface area (Å²) < 4.78 is 0. The van der Waals surface area contributed by atoms with Crippen molar-refractivity contribution in [2.45, 2.75) is 53.2 Å². The Balaban J connectivity index is 2.85. The third-order valence-electron chi connectivity index (χ3n) is 4.10. The Morgan fingerprint density at radius 1 is 1.17 bits per heavy atom. The Morgan fingerprint density at radius 2 is 1.67 bits per heavy atom. The molecule has 0 N–H and O–H groups in total. The normalized spacial score (nSPS) is 28.1. The van der Waals surface area contributed by atoms with Gasteiger partial charge >= 0.3 is 0 Å². The Morgan fingerprint density at radius 3 is 1.83 bits per heavy atom. The third-order valence-corrected chi connectivity index (χ3v) is 4.10. The summed E-state index contributed by atoms with van der Waals surface area (Å²) in [6, 6.07) is 0. The molecule has 1 atom stereocenters. The lowest BCUT2D eigenvalue weighted by Gasteiger charge is -2.42. The van der Waals surface area contributed by atoms with Crippen LogP contribution in [0.3, 0.4) is 0 Å². The molecule has 0 spiro atoms. The van der Waals surface area contributed by atoms with Crippen molar-refractivity contribution in [3.8, 4) is 0 Å². The minimum Gasteiger partial charge on any atom is -0.0794 e. The first-order chi connectivity index (χ1) is 5.51. The predicted octanol–water partition coefficient (Wildman–Crippen LogP) is 3.62. The van der Waals surface area contributed by atoms with Gasteiger partial charge in [0.2, 0.25) is 0 Å². The Labute approximate surface area is 78.4 Å². The van der Waals surface area contributed by atoms with E-state index < -0.39 is 0 Å². The molecule has 0 aliphatic carbocycles. The summed E-state index contributed by atoms with van der Waals surface area (Å²) in [5.74, 6) is 2.47. The quantitative estimate of drug-likeness (QED) is 0.548. The van der Waals surface area contributed by atoms with E-state index in [1.165, 1.54) is 12.7 Å². The average Bonchev–Trinajstić information content (AvgIpc) is 2.31. The van der Waals surface area contributed by atoms with E-state index in [9.17, 15) is 0 Å². The first-order valence-corrected chi connectivity index (χ1v) is 5.35. The fourth-order valence-corrected chi connectivity index (χ4v) is 3.33. The molecule has 0 saturated carbocycles. The molecular formula is C11H22B. The summed E-state index contributed by atoms with van der Waals surface area (Å²) in [4.78, 5) is 0. The molecule has 0 nitrogen and oxygen atoms in total. The lowest BCUT2D eigenvalue weighted by Crippen LogP contribution is -2.33. The fourth-order valence-electron chi connectivity index (χ4n) is 3.33. The molecule has 1 heterocycles. The maximum atomic E-state index is 2.51. The zero-order valence-electron chi connectivity index (χ0n) is 9.22. The van der Waals surface area contributed by atoms with Crippen molar-refractivity contribution in [1.82, 2.24) is 0 Å². The molecule has 1 radical (unpaired) electrons. The van der Waals surface area contributed by atoms with E-state index in [2.05, 4.69) is 41.9 Å². The van der Waals surface area contributed by atoms with Gasteiger partial charge in [-0.25, -0.2) is 0 Å². The van der Waals surface area contributed by atoms with Crippen LogP contribution < -0.4 is 0 Å². The monoisotopic (exact) mass is 165 g/mol. The molecule has 1 rings (SSSR count). The van der Waals surface area contributed by atoms with Gasteiger partial charge in [0.05, 0.1) is 0 Å². The first kappa shape index (κ1) is 10.1. The SMILES string of the molecule is CC(C)C1(C(C)C)CC[B]C1C. The van der Waals surface area contributed by atoms with E-state index in [4.69, 9.17) is 0 Å². The van der Waals surface area contributed by atoms with Crippen LogP contribution in [0.25, 0.3) is 0 Å². The molecule has 0 aromatic rings. The highest BCUT2D eigenvalue weighted by atomic mass is 14.4. The van der Waals surface area contributed by atoms with Crippen LogP contribution in [0.1, 0.15) is 41.0 Å². The van der Waals surface area contributed by atoms with Crippen LogP contribution in [0.4, 0.5) is 0 Å². The van der Waals surface area contributed by atoms with Crippen molar-refractivity contribution in [1.29, 1.82) is 0 Å². The highest BCUT2D eigenvalue weighted by molar-refractivity contribution is 6.39. The van der Waals surface area contributed by atoms with Gasteiger partial charge in [-0.1, -0.05) is 53.2 Å². The average molecular weight is 165 g/mol. The van der Waals surface area contributed by atoms with Crippen LogP contribution in [0, 0.1) is 17.3 Å². The van der Waals surface area contributed by atoms with Gasteiger partial charge in [0, 0.05) is 0 Å². The minimum absolute atomic E-state index is 0.597. The van der Waals surface area contributed by atoms with Gasteiger partial charge in [-0.2, -0.15) is 0 Å². The highest BCUT2D eigenvalue weighted by Crippen LogP contribution is 2.53. The van der Waals surface area contributed by atoms with E-state index >= 15 is 0 Å². The lowest BCUT2D eigenvalue weighted by atomic mass is 9.55. The minimum atomic E-state index is 0.597. The predicted molar refractivity (Wildman–Crippen MR) is 56.7 cm³/mol. The van der Waals surface area contributed by atoms with Crippen LogP contribution in [-0.2, 0) is 0 Å². The first-order valence-electron chi connectivity index (χ1n) is 5.35. The van der Waals surface area contributed by atoms with E-state index in [1.807, 2.05) is 0 Å². The van der Waals surface area contributed by atoms with Crippen LogP contribution in [-0.4, -0.2) is 7.28 Å². The van der Waals surface area contributed by atoms with Crippen LogP contribution in [0.5, 0.6) is 0 Å². The van der Waals surface area contributed by atoms with Gasteiger partial charge < -0.3 is 0 Å². The van der Waals surface area contributed by atoms with Gasteiger partial charge in [-0.3, -0.25) is 0 Å². The second-order valence-corrected chi connectivity index (χ2v) is 4.98. The maximum Gasteiger partial charge on any atom is 0.114 e. The van der Waals surface area contributed by atoms with Crippen molar-refractivity contribution in [2.75, 3.05) is 0 Å². The molecule has 1 aliphatic heterocycles. The molecule has 1 unspecified atom stereocenters. The van der Waals surface area contributed by atoms with Crippen LogP contribution in [0.2, 0.25) is 12.1 Å². The van der Waals surface area contributed by atoms with E-state index in [0.717, 1.165) is 17.7 Å². The zero-order chi connectivity index (χ0) is 9.35. The smallest absolute Gasteiger partial charge is 0.0794 e. The Kier molecular flexibility index (Phi) is 2.90. The molecule has 0 aromatic heterocycles. The molecule has 69 valence electrons. The molecule has 0 amide bonds. The zero-order valence-corrected chi connectivity index (χ0v) is 9.22. The fraction of sp³-hybridized carbons (Fsp3) is 1.00. The standard InChI is InChI=1S/C11H22B/c1-8(2)11(9(3)4)6-7-12-10(11)5/h8-10H,6-7H2,1-5H3. The summed E-state index contributed by atoms with van der Waals surface area (Å²) in [6.07, 6.45) is 2.74. The van der Waals surface area contributed by atoms with E-state index in [0.29, 0.717) is 5.41 Å². The second-order valence-electron chi connectivity index (χ2n) is 4.98. The molecule has 1 aliphatic rings. The van der Waals surface area contributed by atoms with Gasteiger partial charge in [-0.15, -0.1) is 0 Å². The summed E-state index contributed by atoms with van der Waals surface area (Å²) in [7, 11) is 2.51. The Bertz CT molecular complexity index is 141. The molecule has 0 aromatic carbocycles. The number of hydrogen-bond acceptors (Lipinski definition) is 0.